The number of benzene rings is 1. The van der Waals surface area contributed by atoms with Gasteiger partial charge in [0, 0.05) is 32.1 Å². The van der Waals surface area contributed by atoms with Crippen molar-refractivity contribution in [2.45, 2.75) is 25.2 Å². The number of carbonyl (C=O) groups is 2. The Morgan fingerprint density at radius 1 is 1.28 bits per heavy atom. The Bertz CT molecular complexity index is 668. The summed E-state index contributed by atoms with van der Waals surface area (Å²) in [5, 5.41) is 3.87. The number of carbonyl (C=O) groups excluding carboxylic acids is 2. The predicted molar refractivity (Wildman–Crippen MR) is 98.7 cm³/mol. The highest BCUT2D eigenvalue weighted by atomic mass is 35.5. The SMILES string of the molecule is NCCNC(=O)C1CCCN(C(=O)C2CC2c2ccc(Cl)c(Cl)c2)C1. The maximum atomic E-state index is 12.8. The number of likely N-dealkylation sites (tertiary alicyclic amines) is 1. The summed E-state index contributed by atoms with van der Waals surface area (Å²) < 4.78 is 0. The third-order valence-electron chi connectivity index (χ3n) is 5.03. The van der Waals surface area contributed by atoms with Gasteiger partial charge in [-0.05, 0) is 42.9 Å². The first-order valence-corrected chi connectivity index (χ1v) is 9.48. The number of rotatable bonds is 5. The van der Waals surface area contributed by atoms with Crippen molar-refractivity contribution in [3.05, 3.63) is 33.8 Å². The molecule has 1 saturated carbocycles. The van der Waals surface area contributed by atoms with Gasteiger partial charge in [-0.15, -0.1) is 0 Å². The largest absolute Gasteiger partial charge is 0.355 e. The van der Waals surface area contributed by atoms with Gasteiger partial charge in [0.1, 0.15) is 0 Å². The maximum Gasteiger partial charge on any atom is 0.226 e. The first-order valence-electron chi connectivity index (χ1n) is 8.72. The van der Waals surface area contributed by atoms with Crippen LogP contribution in [0.1, 0.15) is 30.7 Å². The molecule has 3 atom stereocenters. The standard InChI is InChI=1S/C18H23Cl2N3O2/c19-15-4-3-11(8-16(15)20)13-9-14(13)18(25)23-7-1-2-12(10-23)17(24)22-6-5-21/h3-4,8,12-14H,1-2,5-7,9-10,21H2,(H,22,24). The van der Waals surface area contributed by atoms with E-state index >= 15 is 0 Å². The number of hydrogen-bond acceptors (Lipinski definition) is 3. The Kier molecular flexibility index (Phi) is 5.87. The molecule has 136 valence electrons. The maximum absolute atomic E-state index is 12.8. The number of hydrogen-bond donors (Lipinski definition) is 2. The van der Waals surface area contributed by atoms with E-state index in [0.29, 0.717) is 29.7 Å². The lowest BCUT2D eigenvalue weighted by atomic mass is 9.96. The van der Waals surface area contributed by atoms with Crippen LogP contribution in [-0.4, -0.2) is 42.9 Å². The molecule has 3 rings (SSSR count). The summed E-state index contributed by atoms with van der Waals surface area (Å²) in [6.07, 6.45) is 2.51. The average Bonchev–Trinajstić information content (AvgIpc) is 3.42. The molecular weight excluding hydrogens is 361 g/mol. The Labute approximate surface area is 157 Å². The van der Waals surface area contributed by atoms with Crippen LogP contribution in [0.15, 0.2) is 18.2 Å². The summed E-state index contributed by atoms with van der Waals surface area (Å²) in [5.74, 6) is 0.204. The number of amides is 2. The van der Waals surface area contributed by atoms with Crippen molar-refractivity contribution in [3.8, 4) is 0 Å². The molecule has 3 N–H and O–H groups in total. The minimum atomic E-state index is -0.133. The Hall–Kier alpha value is -1.30. The Morgan fingerprint density at radius 3 is 2.80 bits per heavy atom. The van der Waals surface area contributed by atoms with Gasteiger partial charge >= 0.3 is 0 Å². The van der Waals surface area contributed by atoms with Gasteiger partial charge < -0.3 is 16.0 Å². The molecular formula is C18H23Cl2N3O2. The molecule has 1 aliphatic carbocycles. The quantitative estimate of drug-likeness (QED) is 0.819. The number of halogens is 2. The zero-order valence-corrected chi connectivity index (χ0v) is 15.5. The van der Waals surface area contributed by atoms with E-state index < -0.39 is 0 Å². The fourth-order valence-electron chi connectivity index (χ4n) is 3.54. The second-order valence-electron chi connectivity index (χ2n) is 6.83. The molecule has 1 aromatic carbocycles. The third kappa shape index (κ3) is 4.27. The van der Waals surface area contributed by atoms with Crippen LogP contribution < -0.4 is 11.1 Å². The zero-order chi connectivity index (χ0) is 18.0. The highest BCUT2D eigenvalue weighted by Gasteiger charge is 2.46. The average molecular weight is 384 g/mol. The lowest BCUT2D eigenvalue weighted by Gasteiger charge is -2.32. The Morgan fingerprint density at radius 2 is 2.08 bits per heavy atom. The van der Waals surface area contributed by atoms with E-state index in [9.17, 15) is 9.59 Å². The van der Waals surface area contributed by atoms with Crippen molar-refractivity contribution < 1.29 is 9.59 Å². The number of nitrogens with zero attached hydrogens (tertiary/aromatic N) is 1. The number of nitrogens with two attached hydrogens (primary N) is 1. The van der Waals surface area contributed by atoms with E-state index in [1.54, 1.807) is 6.07 Å². The zero-order valence-electron chi connectivity index (χ0n) is 14.0. The van der Waals surface area contributed by atoms with Crippen molar-refractivity contribution in [1.29, 1.82) is 0 Å². The van der Waals surface area contributed by atoms with Crippen molar-refractivity contribution in [2.75, 3.05) is 26.2 Å². The monoisotopic (exact) mass is 383 g/mol. The minimum absolute atomic E-state index is 0.000204. The van der Waals surface area contributed by atoms with E-state index in [-0.39, 0.29) is 29.6 Å². The highest BCUT2D eigenvalue weighted by molar-refractivity contribution is 6.42. The number of piperidine rings is 1. The molecule has 2 aliphatic rings. The molecule has 2 amide bonds. The van der Waals surface area contributed by atoms with Crippen LogP contribution in [-0.2, 0) is 9.59 Å². The second-order valence-corrected chi connectivity index (χ2v) is 7.64. The van der Waals surface area contributed by atoms with Gasteiger partial charge in [0.15, 0.2) is 0 Å². The van der Waals surface area contributed by atoms with Crippen molar-refractivity contribution >= 4 is 35.0 Å². The van der Waals surface area contributed by atoms with Gasteiger partial charge in [-0.25, -0.2) is 0 Å². The van der Waals surface area contributed by atoms with Gasteiger partial charge in [0.05, 0.1) is 16.0 Å². The molecule has 0 aromatic heterocycles. The van der Waals surface area contributed by atoms with Gasteiger partial charge in [0.25, 0.3) is 0 Å². The third-order valence-corrected chi connectivity index (χ3v) is 5.77. The topological polar surface area (TPSA) is 75.4 Å². The fraction of sp³-hybridized carbons (Fsp3) is 0.556. The van der Waals surface area contributed by atoms with Crippen LogP contribution in [0, 0.1) is 11.8 Å². The molecule has 5 nitrogen and oxygen atoms in total. The molecule has 1 aliphatic heterocycles. The fourth-order valence-corrected chi connectivity index (χ4v) is 3.85. The van der Waals surface area contributed by atoms with Crippen LogP contribution in [0.5, 0.6) is 0 Å². The molecule has 0 bridgehead atoms. The summed E-state index contributed by atoms with van der Waals surface area (Å²) in [7, 11) is 0. The summed E-state index contributed by atoms with van der Waals surface area (Å²) in [5.41, 5.74) is 6.48. The van der Waals surface area contributed by atoms with Gasteiger partial charge in [-0.1, -0.05) is 29.3 Å². The predicted octanol–water partition coefficient (Wildman–Crippen LogP) is 2.41. The molecule has 1 heterocycles. The molecule has 0 spiro atoms. The molecule has 1 aromatic rings. The number of nitrogens with one attached hydrogen (secondary N) is 1. The molecule has 2 fully saturated rings. The summed E-state index contributed by atoms with van der Waals surface area (Å²) in [6.45, 7) is 2.13. The molecule has 1 saturated heterocycles. The van der Waals surface area contributed by atoms with E-state index in [2.05, 4.69) is 5.32 Å². The first kappa shape index (κ1) is 18.5. The minimum Gasteiger partial charge on any atom is -0.355 e. The van der Waals surface area contributed by atoms with Crippen molar-refractivity contribution in [2.24, 2.45) is 17.6 Å². The van der Waals surface area contributed by atoms with Crippen LogP contribution >= 0.6 is 23.2 Å². The highest BCUT2D eigenvalue weighted by Crippen LogP contribution is 2.49. The van der Waals surface area contributed by atoms with Gasteiger partial charge in [-0.3, -0.25) is 9.59 Å². The lowest BCUT2D eigenvalue weighted by Crippen LogP contribution is -2.46. The Balaban J connectivity index is 1.58. The van der Waals surface area contributed by atoms with E-state index in [0.717, 1.165) is 31.4 Å². The molecule has 7 heteroatoms. The summed E-state index contributed by atoms with van der Waals surface area (Å²) >= 11 is 12.0. The van der Waals surface area contributed by atoms with Gasteiger partial charge in [-0.2, -0.15) is 0 Å². The van der Waals surface area contributed by atoms with Crippen molar-refractivity contribution in [1.82, 2.24) is 10.2 Å². The van der Waals surface area contributed by atoms with Crippen LogP contribution in [0.25, 0.3) is 0 Å². The first-order chi connectivity index (χ1) is 12.0. The lowest BCUT2D eigenvalue weighted by molar-refractivity contribution is -0.136. The van der Waals surface area contributed by atoms with Crippen molar-refractivity contribution in [3.63, 3.8) is 0 Å². The van der Waals surface area contributed by atoms with Crippen LogP contribution in [0.4, 0.5) is 0 Å². The van der Waals surface area contributed by atoms with Crippen LogP contribution in [0.3, 0.4) is 0 Å². The smallest absolute Gasteiger partial charge is 0.226 e. The van der Waals surface area contributed by atoms with Gasteiger partial charge in [0.2, 0.25) is 11.8 Å². The van der Waals surface area contributed by atoms with E-state index in [1.165, 1.54) is 0 Å². The summed E-state index contributed by atoms with van der Waals surface area (Å²) in [4.78, 5) is 26.8. The van der Waals surface area contributed by atoms with E-state index in [4.69, 9.17) is 28.9 Å². The molecule has 3 unspecified atom stereocenters. The molecule has 25 heavy (non-hydrogen) atoms. The van der Waals surface area contributed by atoms with E-state index in [1.807, 2.05) is 17.0 Å². The molecule has 0 radical (unpaired) electrons. The normalized spacial score (nSPS) is 25.6. The van der Waals surface area contributed by atoms with Crippen LogP contribution in [0.2, 0.25) is 10.0 Å². The second kappa shape index (κ2) is 7.94. The summed E-state index contributed by atoms with van der Waals surface area (Å²) in [6, 6.07) is 5.56.